The van der Waals surface area contributed by atoms with Crippen LogP contribution in [0.5, 0.6) is 0 Å². The lowest BCUT2D eigenvalue weighted by Crippen LogP contribution is -2.15. The fourth-order valence-electron chi connectivity index (χ4n) is 3.16. The molecule has 0 unspecified atom stereocenters. The summed E-state index contributed by atoms with van der Waals surface area (Å²) in [5.41, 5.74) is 6.06. The van der Waals surface area contributed by atoms with E-state index in [1.165, 1.54) is 0 Å². The quantitative estimate of drug-likeness (QED) is 0.458. The van der Waals surface area contributed by atoms with Gasteiger partial charge in [0.1, 0.15) is 5.01 Å². The van der Waals surface area contributed by atoms with Gasteiger partial charge in [0, 0.05) is 34.6 Å². The largest absolute Gasteiger partial charge is 0.326 e. The number of para-hydroxylation sites is 1. The molecule has 144 valence electrons. The summed E-state index contributed by atoms with van der Waals surface area (Å²) in [6.45, 7) is 2.09. The zero-order valence-corrected chi connectivity index (χ0v) is 16.9. The third-order valence-electron chi connectivity index (χ3n) is 4.72. The number of anilines is 1. The fourth-order valence-corrected chi connectivity index (χ4v) is 3.99. The molecule has 0 saturated carbocycles. The van der Waals surface area contributed by atoms with Gasteiger partial charge >= 0.3 is 0 Å². The van der Waals surface area contributed by atoms with Crippen LogP contribution in [0.3, 0.4) is 0 Å². The smallest absolute Gasteiger partial charge is 0.228 e. The Morgan fingerprint density at radius 2 is 1.72 bits per heavy atom. The summed E-state index contributed by atoms with van der Waals surface area (Å²) in [6, 6.07) is 19.9. The normalized spacial score (nSPS) is 10.7. The minimum Gasteiger partial charge on any atom is -0.326 e. The summed E-state index contributed by atoms with van der Waals surface area (Å²) in [6.07, 6.45) is 4.78. The van der Waals surface area contributed by atoms with Crippen molar-refractivity contribution in [2.24, 2.45) is 0 Å². The van der Waals surface area contributed by atoms with Crippen molar-refractivity contribution in [1.82, 2.24) is 9.97 Å². The van der Waals surface area contributed by atoms with Crippen LogP contribution in [-0.4, -0.2) is 15.9 Å². The lowest BCUT2D eigenvalue weighted by atomic mass is 10.1. The van der Waals surface area contributed by atoms with Gasteiger partial charge in [0.25, 0.3) is 0 Å². The molecule has 4 rings (SSSR count). The molecular weight excluding hydrogens is 378 g/mol. The maximum atomic E-state index is 12.4. The van der Waals surface area contributed by atoms with Crippen LogP contribution in [-0.2, 0) is 17.6 Å². The van der Waals surface area contributed by atoms with Crippen LogP contribution in [0.4, 0.5) is 5.69 Å². The number of hydrogen-bond donors (Lipinski definition) is 1. The van der Waals surface area contributed by atoms with E-state index in [1.807, 2.05) is 60.7 Å². The van der Waals surface area contributed by atoms with E-state index < -0.39 is 0 Å². The van der Waals surface area contributed by atoms with Crippen molar-refractivity contribution in [3.8, 4) is 21.8 Å². The number of pyridine rings is 1. The van der Waals surface area contributed by atoms with E-state index in [0.29, 0.717) is 6.42 Å². The minimum absolute atomic E-state index is 0.00715. The number of benzene rings is 2. The average Bonchev–Trinajstić information content (AvgIpc) is 3.25. The molecule has 4 aromatic rings. The third-order valence-corrected chi connectivity index (χ3v) is 5.61. The number of nitrogens with zero attached hydrogens (tertiary/aromatic N) is 2. The molecule has 5 heteroatoms. The standard InChI is InChI=1S/C24H21N3OS/c1-2-18-5-3-4-6-21(18)26-23(28)15-17-7-9-19(10-8-17)22-16-29-24(27-22)20-11-13-25-14-12-20/h3-14,16H,2,15H2,1H3,(H,26,28). The van der Waals surface area contributed by atoms with Gasteiger partial charge in [0.05, 0.1) is 12.1 Å². The third kappa shape index (κ3) is 4.58. The lowest BCUT2D eigenvalue weighted by molar-refractivity contribution is -0.115. The number of thiazole rings is 1. The molecule has 1 amide bonds. The Labute approximate surface area is 174 Å². The van der Waals surface area contributed by atoms with Gasteiger partial charge in [-0.3, -0.25) is 9.78 Å². The van der Waals surface area contributed by atoms with Crippen LogP contribution in [0.2, 0.25) is 0 Å². The zero-order chi connectivity index (χ0) is 20.1. The van der Waals surface area contributed by atoms with E-state index in [2.05, 4.69) is 22.6 Å². The molecular formula is C24H21N3OS. The number of hydrogen-bond acceptors (Lipinski definition) is 4. The summed E-state index contributed by atoms with van der Waals surface area (Å²) in [7, 11) is 0. The first-order valence-corrected chi connectivity index (χ1v) is 10.4. The molecule has 4 nitrogen and oxygen atoms in total. The molecule has 0 atom stereocenters. The Morgan fingerprint density at radius 3 is 2.48 bits per heavy atom. The Balaban J connectivity index is 1.43. The van der Waals surface area contributed by atoms with Gasteiger partial charge in [0.2, 0.25) is 5.91 Å². The van der Waals surface area contributed by atoms with Crippen LogP contribution in [0.25, 0.3) is 21.8 Å². The summed E-state index contributed by atoms with van der Waals surface area (Å²) >= 11 is 1.61. The predicted molar refractivity (Wildman–Crippen MR) is 119 cm³/mol. The fraction of sp³-hybridized carbons (Fsp3) is 0.125. The van der Waals surface area contributed by atoms with Crippen LogP contribution < -0.4 is 5.32 Å². The van der Waals surface area contributed by atoms with E-state index in [9.17, 15) is 4.79 Å². The van der Waals surface area contributed by atoms with Gasteiger partial charge in [-0.15, -0.1) is 11.3 Å². The van der Waals surface area contributed by atoms with Crippen LogP contribution in [0.1, 0.15) is 18.1 Å². The maximum absolute atomic E-state index is 12.4. The SMILES string of the molecule is CCc1ccccc1NC(=O)Cc1ccc(-c2csc(-c3ccncc3)n2)cc1. The second-order valence-electron chi connectivity index (χ2n) is 6.71. The first-order chi connectivity index (χ1) is 14.2. The molecule has 0 bridgehead atoms. The molecule has 0 spiro atoms. The van der Waals surface area contributed by atoms with Gasteiger partial charge in [-0.1, -0.05) is 49.4 Å². The topological polar surface area (TPSA) is 54.9 Å². The number of carbonyl (C=O) groups excluding carboxylic acids is 1. The minimum atomic E-state index is -0.00715. The van der Waals surface area contributed by atoms with Gasteiger partial charge in [-0.05, 0) is 35.7 Å². The monoisotopic (exact) mass is 399 g/mol. The number of nitrogens with one attached hydrogen (secondary N) is 1. The number of carbonyl (C=O) groups is 1. The Hall–Kier alpha value is -3.31. The van der Waals surface area contributed by atoms with Gasteiger partial charge in [-0.2, -0.15) is 0 Å². The average molecular weight is 400 g/mol. The van der Waals surface area contributed by atoms with Crippen molar-refractivity contribution in [1.29, 1.82) is 0 Å². The van der Waals surface area contributed by atoms with E-state index in [4.69, 9.17) is 4.98 Å². The van der Waals surface area contributed by atoms with E-state index in [-0.39, 0.29) is 5.91 Å². The molecule has 0 saturated heterocycles. The highest BCUT2D eigenvalue weighted by atomic mass is 32.1. The molecule has 2 aromatic heterocycles. The van der Waals surface area contributed by atoms with Gasteiger partial charge in [-0.25, -0.2) is 4.98 Å². The predicted octanol–water partition coefficient (Wildman–Crippen LogP) is 5.62. The summed E-state index contributed by atoms with van der Waals surface area (Å²) in [5, 5.41) is 6.05. The van der Waals surface area contributed by atoms with Crippen molar-refractivity contribution >= 4 is 22.9 Å². The number of amides is 1. The highest BCUT2D eigenvalue weighted by Crippen LogP contribution is 2.28. The first-order valence-electron chi connectivity index (χ1n) is 9.56. The van der Waals surface area contributed by atoms with E-state index in [1.54, 1.807) is 23.7 Å². The molecule has 29 heavy (non-hydrogen) atoms. The van der Waals surface area contributed by atoms with E-state index in [0.717, 1.165) is 45.1 Å². The molecule has 0 aliphatic heterocycles. The zero-order valence-electron chi connectivity index (χ0n) is 16.1. The van der Waals surface area contributed by atoms with Crippen LogP contribution >= 0.6 is 11.3 Å². The molecule has 0 aliphatic carbocycles. The van der Waals surface area contributed by atoms with E-state index >= 15 is 0 Å². The van der Waals surface area contributed by atoms with Crippen molar-refractivity contribution < 1.29 is 4.79 Å². The maximum Gasteiger partial charge on any atom is 0.228 e. The molecule has 1 N–H and O–H groups in total. The van der Waals surface area contributed by atoms with Gasteiger partial charge < -0.3 is 5.32 Å². The van der Waals surface area contributed by atoms with Crippen LogP contribution in [0, 0.1) is 0 Å². The van der Waals surface area contributed by atoms with Gasteiger partial charge in [0.15, 0.2) is 0 Å². The second-order valence-corrected chi connectivity index (χ2v) is 7.56. The van der Waals surface area contributed by atoms with Crippen LogP contribution in [0.15, 0.2) is 78.4 Å². The molecule has 0 radical (unpaired) electrons. The number of aryl methyl sites for hydroxylation is 1. The van der Waals surface area contributed by atoms with Crippen molar-refractivity contribution in [2.45, 2.75) is 19.8 Å². The van der Waals surface area contributed by atoms with Crippen molar-refractivity contribution in [2.75, 3.05) is 5.32 Å². The molecule has 2 heterocycles. The summed E-state index contributed by atoms with van der Waals surface area (Å²) in [5.74, 6) is -0.00715. The van der Waals surface area contributed by atoms with Crippen molar-refractivity contribution in [3.05, 3.63) is 89.6 Å². The molecule has 0 fully saturated rings. The Morgan fingerprint density at radius 1 is 0.966 bits per heavy atom. The summed E-state index contributed by atoms with van der Waals surface area (Å²) < 4.78 is 0. The highest BCUT2D eigenvalue weighted by Gasteiger charge is 2.09. The van der Waals surface area contributed by atoms with Crippen molar-refractivity contribution in [3.63, 3.8) is 0 Å². The summed E-state index contributed by atoms with van der Waals surface area (Å²) in [4.78, 5) is 21.2. The molecule has 2 aromatic carbocycles. The number of aromatic nitrogens is 2. The first kappa shape index (κ1) is 19.0. The number of rotatable bonds is 6. The lowest BCUT2D eigenvalue weighted by Gasteiger charge is -2.10. The Bertz CT molecular complexity index is 1100. The Kier molecular flexibility index (Phi) is 5.77. The highest BCUT2D eigenvalue weighted by molar-refractivity contribution is 7.13. The second kappa shape index (κ2) is 8.80. The molecule has 0 aliphatic rings.